The molecule has 2 rings (SSSR count). The van der Waals surface area contributed by atoms with Gasteiger partial charge in [0.05, 0.1) is 4.88 Å². The lowest BCUT2D eigenvalue weighted by molar-refractivity contribution is 0.0702. The molecule has 0 spiro atoms. The molecule has 0 atom stereocenters. The summed E-state index contributed by atoms with van der Waals surface area (Å²) in [6, 6.07) is 3.04. The van der Waals surface area contributed by atoms with Crippen molar-refractivity contribution in [3.63, 3.8) is 0 Å². The molecule has 2 heterocycles. The van der Waals surface area contributed by atoms with Gasteiger partial charge in [-0.1, -0.05) is 0 Å². The maximum atomic E-state index is 11.9. The average Bonchev–Trinajstić information content (AvgIpc) is 2.87. The lowest BCUT2D eigenvalue weighted by Gasteiger charge is -2.28. The number of carbonyl (C=O) groups is 2. The second-order valence-corrected chi connectivity index (χ2v) is 6.01. The van der Waals surface area contributed by atoms with Crippen LogP contribution < -0.4 is 5.32 Å². The van der Waals surface area contributed by atoms with E-state index in [4.69, 9.17) is 5.11 Å². The van der Waals surface area contributed by atoms with Crippen molar-refractivity contribution < 1.29 is 14.7 Å². The summed E-state index contributed by atoms with van der Waals surface area (Å²) in [6.45, 7) is 2.82. The fourth-order valence-corrected chi connectivity index (χ4v) is 2.93. The summed E-state index contributed by atoms with van der Waals surface area (Å²) in [6.07, 6.45) is 2.20. The second-order valence-electron chi connectivity index (χ2n) is 4.93. The molecular formula is C13H18N2O3S. The van der Waals surface area contributed by atoms with Crippen LogP contribution in [0.4, 0.5) is 0 Å². The number of carboxylic acids is 1. The Balaban J connectivity index is 1.82. The summed E-state index contributed by atoms with van der Waals surface area (Å²) in [5, 5.41) is 11.7. The number of nitrogens with zero attached hydrogens (tertiary/aromatic N) is 1. The molecule has 2 N–H and O–H groups in total. The first-order chi connectivity index (χ1) is 9.06. The van der Waals surface area contributed by atoms with E-state index in [9.17, 15) is 9.59 Å². The Kier molecular flexibility index (Phi) is 4.55. The lowest BCUT2D eigenvalue weighted by atomic mass is 9.97. The van der Waals surface area contributed by atoms with Crippen LogP contribution in [0.25, 0.3) is 0 Å². The minimum Gasteiger partial charge on any atom is -0.477 e. The van der Waals surface area contributed by atoms with Crippen molar-refractivity contribution >= 4 is 23.2 Å². The highest BCUT2D eigenvalue weighted by atomic mass is 32.1. The molecule has 0 aromatic carbocycles. The number of carboxylic acid groups (broad SMARTS) is 1. The van der Waals surface area contributed by atoms with Gasteiger partial charge in [0, 0.05) is 6.54 Å². The van der Waals surface area contributed by atoms with Crippen LogP contribution in [0, 0.1) is 5.92 Å². The number of carbonyl (C=O) groups excluding carboxylic acids is 1. The third kappa shape index (κ3) is 3.78. The maximum Gasteiger partial charge on any atom is 0.345 e. The molecule has 1 aliphatic heterocycles. The van der Waals surface area contributed by atoms with E-state index in [0.717, 1.165) is 37.3 Å². The number of piperidine rings is 1. The van der Waals surface area contributed by atoms with Crippen LogP contribution >= 0.6 is 11.3 Å². The van der Waals surface area contributed by atoms with Crippen molar-refractivity contribution in [1.29, 1.82) is 0 Å². The van der Waals surface area contributed by atoms with Gasteiger partial charge in [-0.15, -0.1) is 11.3 Å². The van der Waals surface area contributed by atoms with E-state index in [1.54, 1.807) is 6.07 Å². The molecule has 0 radical (unpaired) electrons. The molecule has 6 heteroatoms. The van der Waals surface area contributed by atoms with E-state index in [1.807, 2.05) is 0 Å². The number of likely N-dealkylation sites (tertiary alicyclic amines) is 1. The van der Waals surface area contributed by atoms with Crippen molar-refractivity contribution in [2.75, 3.05) is 26.7 Å². The quantitative estimate of drug-likeness (QED) is 0.878. The molecule has 104 valence electrons. The average molecular weight is 282 g/mol. The first-order valence-corrected chi connectivity index (χ1v) is 7.18. The summed E-state index contributed by atoms with van der Waals surface area (Å²) in [5.41, 5.74) is 0. The SMILES string of the molecule is CN1CCC(CNC(=O)c2ccc(C(=O)O)s2)CC1. The van der Waals surface area contributed by atoms with E-state index in [1.165, 1.54) is 6.07 Å². The summed E-state index contributed by atoms with van der Waals surface area (Å²) in [4.78, 5) is 25.6. The zero-order valence-electron chi connectivity index (χ0n) is 10.9. The lowest BCUT2D eigenvalue weighted by Crippen LogP contribution is -2.36. The van der Waals surface area contributed by atoms with Crippen LogP contribution in [0.3, 0.4) is 0 Å². The number of hydrogen-bond acceptors (Lipinski definition) is 4. The van der Waals surface area contributed by atoms with Crippen LogP contribution in [0.5, 0.6) is 0 Å². The molecule has 0 saturated carbocycles. The van der Waals surface area contributed by atoms with Crippen LogP contribution in [0.2, 0.25) is 0 Å². The zero-order chi connectivity index (χ0) is 13.8. The Morgan fingerprint density at radius 3 is 2.58 bits per heavy atom. The first-order valence-electron chi connectivity index (χ1n) is 6.36. The summed E-state index contributed by atoms with van der Waals surface area (Å²) in [5.74, 6) is -0.630. The third-order valence-electron chi connectivity index (χ3n) is 3.43. The minimum atomic E-state index is -0.987. The van der Waals surface area contributed by atoms with Gasteiger partial charge in [0.2, 0.25) is 0 Å². The summed E-state index contributed by atoms with van der Waals surface area (Å²) < 4.78 is 0. The number of nitrogens with one attached hydrogen (secondary N) is 1. The molecule has 1 aromatic heterocycles. The largest absolute Gasteiger partial charge is 0.477 e. The molecule has 0 unspecified atom stereocenters. The molecule has 1 fully saturated rings. The van der Waals surface area contributed by atoms with Crippen LogP contribution in [0.15, 0.2) is 12.1 Å². The zero-order valence-corrected chi connectivity index (χ0v) is 11.7. The van der Waals surface area contributed by atoms with Crippen LogP contribution in [-0.2, 0) is 0 Å². The smallest absolute Gasteiger partial charge is 0.345 e. The Morgan fingerprint density at radius 2 is 2.00 bits per heavy atom. The van der Waals surface area contributed by atoms with E-state index in [2.05, 4.69) is 17.3 Å². The van der Waals surface area contributed by atoms with Crippen LogP contribution in [0.1, 0.15) is 32.2 Å². The molecule has 1 aromatic rings. The Hall–Kier alpha value is -1.40. The van der Waals surface area contributed by atoms with Gasteiger partial charge >= 0.3 is 5.97 Å². The highest BCUT2D eigenvalue weighted by Gasteiger charge is 2.18. The number of thiophene rings is 1. The summed E-state index contributed by atoms with van der Waals surface area (Å²) >= 11 is 1.02. The van der Waals surface area contributed by atoms with E-state index >= 15 is 0 Å². The highest BCUT2D eigenvalue weighted by molar-refractivity contribution is 7.15. The van der Waals surface area contributed by atoms with Gasteiger partial charge in [0.25, 0.3) is 5.91 Å². The number of aromatic carboxylic acids is 1. The van der Waals surface area contributed by atoms with Crippen molar-refractivity contribution in [2.24, 2.45) is 5.92 Å². The molecule has 1 aliphatic rings. The normalized spacial score (nSPS) is 17.3. The van der Waals surface area contributed by atoms with Gasteiger partial charge < -0.3 is 15.3 Å². The number of rotatable bonds is 4. The Morgan fingerprint density at radius 1 is 1.37 bits per heavy atom. The monoisotopic (exact) mass is 282 g/mol. The fourth-order valence-electron chi connectivity index (χ4n) is 2.17. The van der Waals surface area contributed by atoms with Gasteiger partial charge in [-0.25, -0.2) is 4.79 Å². The van der Waals surface area contributed by atoms with E-state index in [-0.39, 0.29) is 10.8 Å². The van der Waals surface area contributed by atoms with Crippen molar-refractivity contribution in [2.45, 2.75) is 12.8 Å². The Labute approximate surface area is 116 Å². The van der Waals surface area contributed by atoms with Gasteiger partial charge in [0.15, 0.2) is 0 Å². The molecule has 1 saturated heterocycles. The Bertz CT molecular complexity index is 464. The molecule has 5 nitrogen and oxygen atoms in total. The van der Waals surface area contributed by atoms with Crippen molar-refractivity contribution in [1.82, 2.24) is 10.2 Å². The number of amides is 1. The van der Waals surface area contributed by atoms with Gasteiger partial charge in [-0.05, 0) is 51.0 Å². The molecule has 0 bridgehead atoms. The van der Waals surface area contributed by atoms with Crippen molar-refractivity contribution in [3.8, 4) is 0 Å². The highest BCUT2D eigenvalue weighted by Crippen LogP contribution is 2.18. The fraction of sp³-hybridized carbons (Fsp3) is 0.538. The third-order valence-corrected chi connectivity index (χ3v) is 4.50. The van der Waals surface area contributed by atoms with E-state index < -0.39 is 5.97 Å². The standard InChI is InChI=1S/C13H18N2O3S/c1-15-6-4-9(5-7-15)8-14-12(16)10-2-3-11(19-10)13(17)18/h2-3,9H,4-8H2,1H3,(H,14,16)(H,17,18). The molecular weight excluding hydrogens is 264 g/mol. The van der Waals surface area contributed by atoms with Gasteiger partial charge in [0.1, 0.15) is 4.88 Å². The van der Waals surface area contributed by atoms with Gasteiger partial charge in [-0.2, -0.15) is 0 Å². The predicted octanol–water partition coefficient (Wildman–Crippen LogP) is 1.52. The second kappa shape index (κ2) is 6.16. The summed E-state index contributed by atoms with van der Waals surface area (Å²) in [7, 11) is 2.11. The van der Waals surface area contributed by atoms with E-state index in [0.29, 0.717) is 17.3 Å². The van der Waals surface area contributed by atoms with Crippen LogP contribution in [-0.4, -0.2) is 48.6 Å². The maximum absolute atomic E-state index is 11.9. The predicted molar refractivity (Wildman–Crippen MR) is 73.8 cm³/mol. The molecule has 1 amide bonds. The van der Waals surface area contributed by atoms with Gasteiger partial charge in [-0.3, -0.25) is 4.79 Å². The first kappa shape index (κ1) is 14.0. The number of hydrogen-bond donors (Lipinski definition) is 2. The van der Waals surface area contributed by atoms with Crippen molar-refractivity contribution in [3.05, 3.63) is 21.9 Å². The molecule has 19 heavy (non-hydrogen) atoms. The topological polar surface area (TPSA) is 69.6 Å². The minimum absolute atomic E-state index is 0.170. The molecule has 0 aliphatic carbocycles.